The molecule has 92 valence electrons. The minimum atomic E-state index is -0.140. The predicted octanol–water partition coefficient (Wildman–Crippen LogP) is 1.79. The summed E-state index contributed by atoms with van der Waals surface area (Å²) in [6.07, 6.45) is 2.14. The van der Waals surface area contributed by atoms with E-state index in [0.29, 0.717) is 6.04 Å². The van der Waals surface area contributed by atoms with Crippen LogP contribution in [0.25, 0.3) is 11.0 Å². The summed E-state index contributed by atoms with van der Waals surface area (Å²) in [5.74, 6) is 0. The molecule has 17 heavy (non-hydrogen) atoms. The summed E-state index contributed by atoms with van der Waals surface area (Å²) in [5, 5.41) is 3.39. The molecule has 3 N–H and O–H groups in total. The van der Waals surface area contributed by atoms with Gasteiger partial charge in [-0.15, -0.1) is 0 Å². The van der Waals surface area contributed by atoms with Gasteiger partial charge in [0, 0.05) is 6.04 Å². The largest absolute Gasteiger partial charge is 0.323 e. The number of aryl methyl sites for hydroxylation is 1. The lowest BCUT2D eigenvalue weighted by Crippen LogP contribution is -2.23. The zero-order valence-electron chi connectivity index (χ0n) is 10.3. The van der Waals surface area contributed by atoms with Crippen LogP contribution in [-0.4, -0.2) is 22.6 Å². The highest BCUT2D eigenvalue weighted by Crippen LogP contribution is 2.11. The van der Waals surface area contributed by atoms with Crippen LogP contribution in [0, 0.1) is 0 Å². The van der Waals surface area contributed by atoms with Crippen LogP contribution >= 0.6 is 0 Å². The molecule has 2 aromatic rings. The third kappa shape index (κ3) is 3.20. The van der Waals surface area contributed by atoms with Gasteiger partial charge >= 0.3 is 5.69 Å². The van der Waals surface area contributed by atoms with Gasteiger partial charge in [-0.2, -0.15) is 0 Å². The predicted molar refractivity (Wildman–Crippen MR) is 70.4 cm³/mol. The minimum Gasteiger partial charge on any atom is -0.315 e. The van der Waals surface area contributed by atoms with Crippen LogP contribution in [0.4, 0.5) is 0 Å². The third-order valence-electron chi connectivity index (χ3n) is 2.78. The summed E-state index contributed by atoms with van der Waals surface area (Å²) in [6, 6.07) is 6.61. The van der Waals surface area contributed by atoms with Crippen LogP contribution in [0.15, 0.2) is 23.0 Å². The second kappa shape index (κ2) is 5.19. The van der Waals surface area contributed by atoms with Gasteiger partial charge in [-0.25, -0.2) is 4.79 Å². The lowest BCUT2D eigenvalue weighted by Gasteiger charge is -2.07. The van der Waals surface area contributed by atoms with Gasteiger partial charge in [-0.05, 0) is 37.1 Å². The topological polar surface area (TPSA) is 60.7 Å². The van der Waals surface area contributed by atoms with Crippen molar-refractivity contribution in [2.24, 2.45) is 0 Å². The summed E-state index contributed by atoms with van der Waals surface area (Å²) in [4.78, 5) is 16.6. The number of rotatable bonds is 5. The highest BCUT2D eigenvalue weighted by atomic mass is 16.1. The van der Waals surface area contributed by atoms with E-state index in [2.05, 4.69) is 35.2 Å². The van der Waals surface area contributed by atoms with Gasteiger partial charge < -0.3 is 15.3 Å². The standard InChI is InChI=1S/C13H19N3O/c1-9(2)14-7-3-4-10-5-6-11-12(8-10)16-13(17)15-11/h5-6,8-9,14H,3-4,7H2,1-2H3,(H2,15,16,17). The monoisotopic (exact) mass is 233 g/mol. The van der Waals surface area contributed by atoms with Crippen molar-refractivity contribution in [2.45, 2.75) is 32.7 Å². The molecule has 0 amide bonds. The quantitative estimate of drug-likeness (QED) is 0.689. The SMILES string of the molecule is CC(C)NCCCc1ccc2[nH]c(=O)[nH]c2c1. The van der Waals surface area contributed by atoms with Crippen LogP contribution in [0.3, 0.4) is 0 Å². The van der Waals surface area contributed by atoms with Crippen molar-refractivity contribution in [3.05, 3.63) is 34.2 Å². The van der Waals surface area contributed by atoms with Gasteiger partial charge in [0.15, 0.2) is 0 Å². The van der Waals surface area contributed by atoms with E-state index in [1.807, 2.05) is 12.1 Å². The molecule has 0 saturated heterocycles. The maximum Gasteiger partial charge on any atom is 0.323 e. The smallest absolute Gasteiger partial charge is 0.315 e. The van der Waals surface area contributed by atoms with E-state index in [4.69, 9.17) is 0 Å². The Labute approximate surface area is 100 Å². The Morgan fingerprint density at radius 1 is 1.24 bits per heavy atom. The van der Waals surface area contributed by atoms with Crippen molar-refractivity contribution in [1.82, 2.24) is 15.3 Å². The first-order valence-corrected chi connectivity index (χ1v) is 6.09. The van der Waals surface area contributed by atoms with E-state index in [1.165, 1.54) is 5.56 Å². The first-order valence-electron chi connectivity index (χ1n) is 6.09. The number of fused-ring (bicyclic) bond motifs is 1. The molecule has 0 spiro atoms. The zero-order valence-corrected chi connectivity index (χ0v) is 10.3. The normalized spacial score (nSPS) is 11.5. The van der Waals surface area contributed by atoms with Crippen molar-refractivity contribution < 1.29 is 0 Å². The summed E-state index contributed by atoms with van der Waals surface area (Å²) in [5.41, 5.74) is 2.89. The fourth-order valence-corrected chi connectivity index (χ4v) is 1.92. The van der Waals surface area contributed by atoms with Crippen molar-refractivity contribution >= 4 is 11.0 Å². The summed E-state index contributed by atoms with van der Waals surface area (Å²) in [6.45, 7) is 5.33. The lowest BCUT2D eigenvalue weighted by molar-refractivity contribution is 0.570. The summed E-state index contributed by atoms with van der Waals surface area (Å²) >= 11 is 0. The van der Waals surface area contributed by atoms with Gasteiger partial charge in [0.1, 0.15) is 0 Å². The number of hydrogen-bond donors (Lipinski definition) is 3. The molecule has 1 aromatic heterocycles. The minimum absolute atomic E-state index is 0.140. The molecule has 0 fully saturated rings. The Kier molecular flexibility index (Phi) is 3.64. The number of imidazole rings is 1. The van der Waals surface area contributed by atoms with Gasteiger partial charge in [0.05, 0.1) is 11.0 Å². The fraction of sp³-hybridized carbons (Fsp3) is 0.462. The molecule has 0 radical (unpaired) electrons. The van der Waals surface area contributed by atoms with E-state index >= 15 is 0 Å². The first kappa shape index (κ1) is 11.9. The molecule has 4 heteroatoms. The average molecular weight is 233 g/mol. The van der Waals surface area contributed by atoms with Crippen molar-refractivity contribution in [1.29, 1.82) is 0 Å². The third-order valence-corrected chi connectivity index (χ3v) is 2.78. The highest BCUT2D eigenvalue weighted by molar-refractivity contribution is 5.74. The van der Waals surface area contributed by atoms with E-state index in [-0.39, 0.29) is 5.69 Å². The van der Waals surface area contributed by atoms with Crippen molar-refractivity contribution in [2.75, 3.05) is 6.54 Å². The van der Waals surface area contributed by atoms with Crippen LogP contribution in [-0.2, 0) is 6.42 Å². The van der Waals surface area contributed by atoms with Crippen LogP contribution in [0.5, 0.6) is 0 Å². The van der Waals surface area contributed by atoms with E-state index < -0.39 is 0 Å². The molecule has 0 aliphatic rings. The molecule has 0 bridgehead atoms. The molecule has 0 aliphatic heterocycles. The molecule has 1 aromatic carbocycles. The highest BCUT2D eigenvalue weighted by Gasteiger charge is 2.00. The number of hydrogen-bond acceptors (Lipinski definition) is 2. The maximum absolute atomic E-state index is 11.1. The molecule has 0 saturated carbocycles. The van der Waals surface area contributed by atoms with Crippen LogP contribution < -0.4 is 11.0 Å². The van der Waals surface area contributed by atoms with Crippen LogP contribution in [0.1, 0.15) is 25.8 Å². The molecule has 1 heterocycles. The van der Waals surface area contributed by atoms with Gasteiger partial charge in [-0.3, -0.25) is 0 Å². The van der Waals surface area contributed by atoms with Crippen LogP contribution in [0.2, 0.25) is 0 Å². The van der Waals surface area contributed by atoms with Gasteiger partial charge in [0.2, 0.25) is 0 Å². The number of benzene rings is 1. The van der Waals surface area contributed by atoms with E-state index in [0.717, 1.165) is 30.4 Å². The Hall–Kier alpha value is -1.55. The lowest BCUT2D eigenvalue weighted by atomic mass is 10.1. The van der Waals surface area contributed by atoms with E-state index in [9.17, 15) is 4.79 Å². The Morgan fingerprint density at radius 3 is 2.76 bits per heavy atom. The summed E-state index contributed by atoms with van der Waals surface area (Å²) < 4.78 is 0. The molecule has 0 unspecified atom stereocenters. The molecular formula is C13H19N3O. The number of nitrogens with one attached hydrogen (secondary N) is 3. The van der Waals surface area contributed by atoms with Gasteiger partial charge in [-0.1, -0.05) is 19.9 Å². The summed E-state index contributed by atoms with van der Waals surface area (Å²) in [7, 11) is 0. The maximum atomic E-state index is 11.1. The number of aromatic nitrogens is 2. The molecule has 2 rings (SSSR count). The Bertz CT molecular complexity index is 539. The van der Waals surface area contributed by atoms with Crippen molar-refractivity contribution in [3.8, 4) is 0 Å². The Morgan fingerprint density at radius 2 is 2.00 bits per heavy atom. The zero-order chi connectivity index (χ0) is 12.3. The number of aromatic amines is 2. The average Bonchev–Trinajstić information content (AvgIpc) is 2.63. The second-order valence-corrected chi connectivity index (χ2v) is 4.67. The second-order valence-electron chi connectivity index (χ2n) is 4.67. The first-order chi connectivity index (χ1) is 8.15. The van der Waals surface area contributed by atoms with Gasteiger partial charge in [0.25, 0.3) is 0 Å². The molecular weight excluding hydrogens is 214 g/mol. The Balaban J connectivity index is 1.97. The molecule has 4 nitrogen and oxygen atoms in total. The molecule has 0 atom stereocenters. The number of H-pyrrole nitrogens is 2. The van der Waals surface area contributed by atoms with E-state index in [1.54, 1.807) is 0 Å². The van der Waals surface area contributed by atoms with Crippen molar-refractivity contribution in [3.63, 3.8) is 0 Å². The fourth-order valence-electron chi connectivity index (χ4n) is 1.92. The molecule has 0 aliphatic carbocycles.